The highest BCUT2D eigenvalue weighted by atomic mass is 19.4. The first-order valence-electron chi connectivity index (χ1n) is 6.23. The number of amides is 1. The van der Waals surface area contributed by atoms with E-state index < -0.39 is 28.8 Å². The summed E-state index contributed by atoms with van der Waals surface area (Å²) in [5.74, 6) is -1.68. The zero-order valence-electron chi connectivity index (χ0n) is 10.6. The number of hydrogen-bond acceptors (Lipinski definition) is 3. The number of nitrogens with zero attached hydrogens (tertiary/aromatic N) is 2. The third kappa shape index (κ3) is 2.28. The van der Waals surface area contributed by atoms with Crippen LogP contribution in [0.15, 0.2) is 46.3 Å². The van der Waals surface area contributed by atoms with Crippen molar-refractivity contribution < 1.29 is 22.8 Å². The van der Waals surface area contributed by atoms with Gasteiger partial charge >= 0.3 is 12.1 Å². The summed E-state index contributed by atoms with van der Waals surface area (Å²) in [7, 11) is 0. The average molecular weight is 294 g/mol. The molecule has 108 valence electrons. The fraction of sp³-hybridized carbons (Fsp3) is 0.286. The normalized spacial score (nSPS) is 20.4. The molecule has 1 aliphatic heterocycles. The number of benzene rings is 1. The summed E-state index contributed by atoms with van der Waals surface area (Å²) in [5.41, 5.74) is -0.341. The molecule has 1 heterocycles. The van der Waals surface area contributed by atoms with Gasteiger partial charge in [-0.25, -0.2) is 0 Å². The van der Waals surface area contributed by atoms with Crippen LogP contribution in [0.25, 0.3) is 0 Å². The minimum Gasteiger partial charge on any atom is -0.284 e. The van der Waals surface area contributed by atoms with Gasteiger partial charge in [-0.15, -0.1) is 5.11 Å². The first-order valence-corrected chi connectivity index (χ1v) is 6.23. The van der Waals surface area contributed by atoms with Gasteiger partial charge < -0.3 is 0 Å². The van der Waals surface area contributed by atoms with Gasteiger partial charge in [0.1, 0.15) is 0 Å². The van der Waals surface area contributed by atoms with Crippen molar-refractivity contribution in [2.75, 3.05) is 0 Å². The summed E-state index contributed by atoms with van der Waals surface area (Å²) in [5, 5.41) is 7.01. The number of halogens is 3. The summed E-state index contributed by atoms with van der Waals surface area (Å²) < 4.78 is 37.7. The van der Waals surface area contributed by atoms with Gasteiger partial charge in [-0.2, -0.15) is 18.3 Å². The first-order chi connectivity index (χ1) is 9.83. The molecule has 0 spiro atoms. The second-order valence-corrected chi connectivity index (χ2v) is 5.06. The van der Waals surface area contributed by atoms with Gasteiger partial charge in [0.15, 0.2) is 0 Å². The molecule has 2 aliphatic rings. The number of ketones is 1. The molecular formula is C14H9F3N2O2. The topological polar surface area (TPSA) is 58.9 Å². The van der Waals surface area contributed by atoms with Crippen molar-refractivity contribution >= 4 is 11.7 Å². The van der Waals surface area contributed by atoms with Crippen LogP contribution in [0.2, 0.25) is 0 Å². The predicted molar refractivity (Wildman–Crippen MR) is 65.3 cm³/mol. The van der Waals surface area contributed by atoms with Gasteiger partial charge in [-0.05, 0) is 30.5 Å². The molecule has 0 bridgehead atoms. The van der Waals surface area contributed by atoms with E-state index in [0.717, 1.165) is 18.2 Å². The van der Waals surface area contributed by atoms with Gasteiger partial charge in [0, 0.05) is 11.5 Å². The van der Waals surface area contributed by atoms with Crippen molar-refractivity contribution in [3.8, 4) is 0 Å². The standard InChI is InChI=1S/C14H9F3N2O2/c15-14(16,17)9-3-1-8(2-4-9)13(5-6-13)11-7-10(20)12(21)19-18-11/h1-4,7H,5-6H2. The molecule has 1 aliphatic carbocycles. The molecule has 3 rings (SSSR count). The van der Waals surface area contributed by atoms with E-state index >= 15 is 0 Å². The third-order valence-electron chi connectivity index (χ3n) is 3.73. The predicted octanol–water partition coefficient (Wildman–Crippen LogP) is 3.18. The summed E-state index contributed by atoms with van der Waals surface area (Å²) in [6.07, 6.45) is -1.95. The maximum Gasteiger partial charge on any atom is 0.416 e. The molecule has 1 saturated carbocycles. The lowest BCUT2D eigenvalue weighted by Gasteiger charge is -2.17. The maximum absolute atomic E-state index is 12.6. The quantitative estimate of drug-likeness (QED) is 0.786. The van der Waals surface area contributed by atoms with Crippen LogP contribution in [0.4, 0.5) is 13.2 Å². The summed E-state index contributed by atoms with van der Waals surface area (Å²) in [4.78, 5) is 22.4. The van der Waals surface area contributed by atoms with Crippen LogP contribution in [0.5, 0.6) is 0 Å². The van der Waals surface area contributed by atoms with E-state index in [1.54, 1.807) is 0 Å². The van der Waals surface area contributed by atoms with Gasteiger partial charge in [-0.1, -0.05) is 12.1 Å². The Balaban J connectivity index is 1.94. The third-order valence-corrected chi connectivity index (χ3v) is 3.73. The van der Waals surface area contributed by atoms with Gasteiger partial charge in [0.2, 0.25) is 5.78 Å². The minimum absolute atomic E-state index is 0.340. The number of carbonyl (C=O) groups excluding carboxylic acids is 2. The highest BCUT2D eigenvalue weighted by Crippen LogP contribution is 2.54. The van der Waals surface area contributed by atoms with Gasteiger partial charge in [0.25, 0.3) is 0 Å². The number of allylic oxidation sites excluding steroid dienone is 1. The molecule has 0 atom stereocenters. The Morgan fingerprint density at radius 2 is 1.62 bits per heavy atom. The Morgan fingerprint density at radius 1 is 1.00 bits per heavy atom. The number of hydrogen-bond donors (Lipinski definition) is 0. The van der Waals surface area contributed by atoms with Crippen LogP contribution in [0.3, 0.4) is 0 Å². The molecule has 4 nitrogen and oxygen atoms in total. The molecule has 0 N–H and O–H groups in total. The van der Waals surface area contributed by atoms with E-state index in [1.807, 2.05) is 0 Å². The van der Waals surface area contributed by atoms with Crippen LogP contribution >= 0.6 is 0 Å². The van der Waals surface area contributed by atoms with E-state index in [2.05, 4.69) is 10.2 Å². The van der Waals surface area contributed by atoms with Gasteiger partial charge in [-0.3, -0.25) is 9.59 Å². The molecule has 0 aromatic heterocycles. The molecule has 0 radical (unpaired) electrons. The summed E-state index contributed by atoms with van der Waals surface area (Å²) in [6.45, 7) is 0. The van der Waals surface area contributed by atoms with Gasteiger partial charge in [0.05, 0.1) is 11.3 Å². The molecule has 1 amide bonds. The molecule has 1 fully saturated rings. The Morgan fingerprint density at radius 3 is 2.10 bits per heavy atom. The van der Waals surface area contributed by atoms with Crippen LogP contribution in [-0.4, -0.2) is 11.7 Å². The lowest BCUT2D eigenvalue weighted by molar-refractivity contribution is -0.137. The molecular weight excluding hydrogens is 285 g/mol. The molecule has 1 aromatic rings. The van der Waals surface area contributed by atoms with E-state index in [9.17, 15) is 22.8 Å². The Kier molecular flexibility index (Phi) is 2.82. The lowest BCUT2D eigenvalue weighted by Crippen LogP contribution is -2.18. The van der Waals surface area contributed by atoms with Crippen LogP contribution in [-0.2, 0) is 21.2 Å². The van der Waals surface area contributed by atoms with E-state index in [1.165, 1.54) is 12.1 Å². The fourth-order valence-corrected chi connectivity index (χ4v) is 2.39. The Hall–Kier alpha value is -2.31. The molecule has 21 heavy (non-hydrogen) atoms. The van der Waals surface area contributed by atoms with Crippen LogP contribution in [0.1, 0.15) is 24.0 Å². The average Bonchev–Trinajstić information content (AvgIpc) is 3.23. The van der Waals surface area contributed by atoms with E-state index in [4.69, 9.17) is 0 Å². The summed E-state index contributed by atoms with van der Waals surface area (Å²) >= 11 is 0. The number of carbonyl (C=O) groups is 2. The number of azo groups is 1. The monoisotopic (exact) mass is 294 g/mol. The van der Waals surface area contributed by atoms with Crippen molar-refractivity contribution in [1.82, 2.24) is 0 Å². The smallest absolute Gasteiger partial charge is 0.284 e. The Bertz CT molecular complexity index is 683. The largest absolute Gasteiger partial charge is 0.416 e. The second kappa shape index (κ2) is 4.34. The maximum atomic E-state index is 12.6. The zero-order chi connectivity index (χ0) is 15.3. The van der Waals surface area contributed by atoms with Crippen LogP contribution < -0.4 is 0 Å². The van der Waals surface area contributed by atoms with Crippen molar-refractivity contribution in [2.24, 2.45) is 10.2 Å². The molecule has 0 unspecified atom stereocenters. The SMILES string of the molecule is O=C1C=C(C2(c3ccc(C(F)(F)F)cc3)CC2)N=NC1=O. The van der Waals surface area contributed by atoms with Crippen molar-refractivity contribution in [2.45, 2.75) is 24.4 Å². The van der Waals surface area contributed by atoms with Crippen molar-refractivity contribution in [3.63, 3.8) is 0 Å². The zero-order valence-corrected chi connectivity index (χ0v) is 10.6. The number of alkyl halides is 3. The Labute approximate surface area is 117 Å². The van der Waals surface area contributed by atoms with Crippen LogP contribution in [0, 0.1) is 0 Å². The number of rotatable bonds is 2. The molecule has 7 heteroatoms. The first kappa shape index (κ1) is 13.7. The highest BCUT2D eigenvalue weighted by molar-refractivity contribution is 6.41. The molecule has 0 saturated heterocycles. The van der Waals surface area contributed by atoms with Crippen molar-refractivity contribution in [1.29, 1.82) is 0 Å². The highest BCUT2D eigenvalue weighted by Gasteiger charge is 2.49. The van der Waals surface area contributed by atoms with Crippen molar-refractivity contribution in [3.05, 3.63) is 47.2 Å². The second-order valence-electron chi connectivity index (χ2n) is 5.06. The fourth-order valence-electron chi connectivity index (χ4n) is 2.39. The summed E-state index contributed by atoms with van der Waals surface area (Å²) in [6, 6.07) is 4.77. The minimum atomic E-state index is -4.39. The van der Waals surface area contributed by atoms with E-state index in [-0.39, 0.29) is 0 Å². The lowest BCUT2D eigenvalue weighted by atomic mass is 9.90. The van der Waals surface area contributed by atoms with E-state index in [0.29, 0.717) is 24.1 Å². The molecule has 1 aromatic carbocycles.